The topological polar surface area (TPSA) is 111 Å². The minimum atomic E-state index is -4.46. The van der Waals surface area contributed by atoms with Gasteiger partial charge in [-0.05, 0) is 102 Å². The summed E-state index contributed by atoms with van der Waals surface area (Å²) in [5.41, 5.74) is 0. The van der Waals surface area contributed by atoms with Crippen LogP contribution in [-0.2, 0) is 27.9 Å². The Bertz CT molecular complexity index is 1680. The molecule has 0 bridgehead atoms. The molecule has 10 heteroatoms. The normalized spacial score (nSPS) is 13.9. The lowest BCUT2D eigenvalue weighted by Crippen LogP contribution is -2.47. The number of hydrogen-bond donors (Lipinski definition) is 2. The third-order valence-corrected chi connectivity index (χ3v) is 17.1. The van der Waals surface area contributed by atoms with Gasteiger partial charge >= 0.3 is 13.8 Å². The summed E-state index contributed by atoms with van der Waals surface area (Å²) in [7, 11) is 1.49. The summed E-state index contributed by atoms with van der Waals surface area (Å²) >= 11 is 0. The van der Waals surface area contributed by atoms with Crippen molar-refractivity contribution >= 4 is 19.7 Å². The number of carbonyl (C=O) groups excluding carboxylic acids is 2. The minimum Gasteiger partial charge on any atom is -0.456 e. The summed E-state index contributed by atoms with van der Waals surface area (Å²) in [5, 5.41) is 3.07. The van der Waals surface area contributed by atoms with Gasteiger partial charge in [-0.15, -0.1) is 0 Å². The average molecular weight is 1210 g/mol. The highest BCUT2D eigenvalue weighted by Crippen LogP contribution is 2.43. The molecular weight excluding hydrogens is 1070 g/mol. The van der Waals surface area contributed by atoms with E-state index in [4.69, 9.17) is 13.8 Å². The summed E-state index contributed by atoms with van der Waals surface area (Å²) < 4.78 is 30.8. The molecule has 0 aromatic heterocycles. The number of phosphoric acid groups is 1. The van der Waals surface area contributed by atoms with Crippen molar-refractivity contribution in [1.29, 1.82) is 0 Å². The smallest absolute Gasteiger partial charge is 0.456 e. The Kier molecular flexibility index (Phi) is 62.5. The number of esters is 1. The Hall–Kier alpha value is -2.55. The van der Waals surface area contributed by atoms with Gasteiger partial charge in [0.15, 0.2) is 0 Å². The van der Waals surface area contributed by atoms with Gasteiger partial charge in [-0.2, -0.15) is 0 Å². The number of nitrogens with zero attached hydrogens (tertiary/aromatic N) is 1. The Morgan fingerprint density at radius 3 is 1.11 bits per heavy atom. The molecule has 0 rings (SSSR count). The summed E-state index contributed by atoms with van der Waals surface area (Å²) in [4.78, 5) is 37.9. The van der Waals surface area contributed by atoms with E-state index in [1.54, 1.807) is 0 Å². The number of carbonyl (C=O) groups is 2. The lowest BCUT2D eigenvalue weighted by atomic mass is 10.0. The van der Waals surface area contributed by atoms with E-state index >= 15 is 0 Å². The van der Waals surface area contributed by atoms with Crippen LogP contribution < -0.4 is 5.32 Å². The number of nitrogens with one attached hydrogen (secondary N) is 1. The van der Waals surface area contributed by atoms with Crippen molar-refractivity contribution in [2.45, 2.75) is 354 Å². The van der Waals surface area contributed by atoms with Gasteiger partial charge in [-0.25, -0.2) is 4.57 Å². The number of rotatable bonds is 66. The van der Waals surface area contributed by atoms with Gasteiger partial charge in [-0.1, -0.05) is 299 Å². The molecule has 0 aliphatic heterocycles. The van der Waals surface area contributed by atoms with E-state index in [0.717, 1.165) is 89.9 Å². The van der Waals surface area contributed by atoms with Crippen molar-refractivity contribution in [2.24, 2.45) is 0 Å². The van der Waals surface area contributed by atoms with Gasteiger partial charge in [0.05, 0.1) is 33.8 Å². The number of hydrogen-bond acceptors (Lipinski definition) is 6. The number of likely N-dealkylation sites (N-methyl/N-ethyl adjacent to an activating group) is 1. The zero-order chi connectivity index (χ0) is 62.1. The highest BCUT2D eigenvalue weighted by molar-refractivity contribution is 7.47. The van der Waals surface area contributed by atoms with Crippen LogP contribution in [0.4, 0.5) is 0 Å². The Morgan fingerprint density at radius 2 is 0.718 bits per heavy atom. The van der Waals surface area contributed by atoms with Gasteiger partial charge in [0.25, 0.3) is 0 Å². The molecule has 0 aliphatic carbocycles. The van der Waals surface area contributed by atoms with Crippen molar-refractivity contribution in [2.75, 3.05) is 40.9 Å². The molecule has 0 fully saturated rings. The van der Waals surface area contributed by atoms with Gasteiger partial charge in [0.2, 0.25) is 5.91 Å². The van der Waals surface area contributed by atoms with E-state index in [-0.39, 0.29) is 31.5 Å². The monoisotopic (exact) mass is 1210 g/mol. The largest absolute Gasteiger partial charge is 0.472 e. The molecule has 496 valence electrons. The van der Waals surface area contributed by atoms with Crippen molar-refractivity contribution in [3.05, 3.63) is 72.9 Å². The highest BCUT2D eigenvalue weighted by Gasteiger charge is 2.30. The second kappa shape index (κ2) is 64.4. The third-order valence-electron chi connectivity index (χ3n) is 16.1. The molecule has 3 atom stereocenters. The van der Waals surface area contributed by atoms with Crippen molar-refractivity contribution in [3.8, 4) is 0 Å². The fourth-order valence-electron chi connectivity index (χ4n) is 10.5. The molecule has 0 saturated heterocycles. The van der Waals surface area contributed by atoms with Gasteiger partial charge < -0.3 is 19.4 Å². The number of ether oxygens (including phenoxy) is 1. The van der Waals surface area contributed by atoms with Crippen LogP contribution in [0.5, 0.6) is 0 Å². The number of amides is 1. The fraction of sp³-hybridized carbons (Fsp3) is 0.813. The van der Waals surface area contributed by atoms with E-state index in [0.29, 0.717) is 17.4 Å². The van der Waals surface area contributed by atoms with Crippen LogP contribution >= 0.6 is 7.82 Å². The predicted octanol–water partition coefficient (Wildman–Crippen LogP) is 23.1. The quantitative estimate of drug-likeness (QED) is 0.0205. The molecule has 0 saturated carbocycles. The summed E-state index contributed by atoms with van der Waals surface area (Å²) in [6, 6.07) is -0.855. The maximum absolute atomic E-state index is 13.6. The van der Waals surface area contributed by atoms with Crippen molar-refractivity contribution < 1.29 is 37.3 Å². The number of quaternary nitrogens is 1. The molecule has 0 aromatic carbocycles. The van der Waals surface area contributed by atoms with Crippen LogP contribution in [0.15, 0.2) is 72.9 Å². The molecular formula is C75H140N2O7P+. The second-order valence-electron chi connectivity index (χ2n) is 25.8. The number of phosphoric ester groups is 1. The van der Waals surface area contributed by atoms with Gasteiger partial charge in [0.1, 0.15) is 19.3 Å². The maximum atomic E-state index is 13.6. The van der Waals surface area contributed by atoms with Gasteiger partial charge in [0, 0.05) is 12.8 Å². The van der Waals surface area contributed by atoms with E-state index in [1.807, 2.05) is 33.3 Å². The zero-order valence-electron chi connectivity index (χ0n) is 56.9. The summed E-state index contributed by atoms with van der Waals surface area (Å²) in [6.45, 7) is 7.00. The summed E-state index contributed by atoms with van der Waals surface area (Å²) in [5.74, 6) is -0.507. The van der Waals surface area contributed by atoms with Crippen LogP contribution in [-0.4, -0.2) is 74.3 Å². The Morgan fingerprint density at radius 1 is 0.412 bits per heavy atom. The van der Waals surface area contributed by atoms with Crippen LogP contribution in [0.3, 0.4) is 0 Å². The first-order valence-electron chi connectivity index (χ1n) is 36.3. The zero-order valence-corrected chi connectivity index (χ0v) is 57.7. The molecule has 2 N–H and O–H groups in total. The first kappa shape index (κ1) is 82.5. The lowest BCUT2D eigenvalue weighted by molar-refractivity contribution is -0.870. The fourth-order valence-corrected chi connectivity index (χ4v) is 11.2. The first-order valence-corrected chi connectivity index (χ1v) is 37.8. The SMILES string of the molecule is CCCCC/C=C\C/C=C\C/C=C\C/C=C\CCCCCCCCCC(=O)OC(/C=C/CCCCCCCCCCC)C(COP(=O)(O)OCC[N+](C)(C)C)NC(=O)CCCCCCCCCCCCCCCCC/C=C/CCCCCCCC. The highest BCUT2D eigenvalue weighted by atomic mass is 31.2. The van der Waals surface area contributed by atoms with Gasteiger partial charge in [-0.3, -0.25) is 18.6 Å². The van der Waals surface area contributed by atoms with Crippen molar-refractivity contribution in [1.82, 2.24) is 5.32 Å². The van der Waals surface area contributed by atoms with E-state index in [9.17, 15) is 19.0 Å². The molecule has 0 aliphatic rings. The van der Waals surface area contributed by atoms with Crippen LogP contribution in [0.1, 0.15) is 342 Å². The molecule has 85 heavy (non-hydrogen) atoms. The number of allylic oxidation sites excluding steroid dienone is 11. The van der Waals surface area contributed by atoms with E-state index < -0.39 is 20.0 Å². The average Bonchev–Trinajstić information content (AvgIpc) is 3.62. The molecule has 0 radical (unpaired) electrons. The molecule has 0 spiro atoms. The van der Waals surface area contributed by atoms with E-state index in [2.05, 4.69) is 86.8 Å². The Balaban J connectivity index is 5.02. The van der Waals surface area contributed by atoms with Crippen LogP contribution in [0.25, 0.3) is 0 Å². The minimum absolute atomic E-state index is 0.0373. The predicted molar refractivity (Wildman–Crippen MR) is 369 cm³/mol. The molecule has 9 nitrogen and oxygen atoms in total. The number of unbranched alkanes of at least 4 members (excludes halogenated alkanes) is 40. The standard InChI is InChI=1S/C75H139N2O7P/c1-7-10-13-16-19-22-25-27-29-31-33-35-37-38-40-41-43-45-47-49-52-55-58-61-64-67-74(78)76-72(71-83-85(80,81)82-70-69-77(4,5)6)73(66-63-60-57-54-51-24-21-18-15-12-9-3)84-75(79)68-65-62-59-56-53-50-48-46-44-42-39-36-34-32-30-28-26-23-20-17-14-11-8-2/h20,23,27-30,34,36,42,44,63,66,72-73H,7-19,21-22,24-26,31-33,35,37-41,43,45-62,64-65,67-71H2,1-6H3,(H-,76,78,80,81)/p+1/b23-20-,29-27+,30-28-,36-34-,44-42-,66-63+. The first-order chi connectivity index (χ1) is 41.4. The maximum Gasteiger partial charge on any atom is 0.472 e. The lowest BCUT2D eigenvalue weighted by Gasteiger charge is -2.27. The van der Waals surface area contributed by atoms with Crippen LogP contribution in [0.2, 0.25) is 0 Å². The summed E-state index contributed by atoms with van der Waals surface area (Å²) in [6.07, 6.45) is 84.9. The molecule has 1 amide bonds. The van der Waals surface area contributed by atoms with Crippen LogP contribution in [0, 0.1) is 0 Å². The van der Waals surface area contributed by atoms with Crippen molar-refractivity contribution in [3.63, 3.8) is 0 Å². The van der Waals surface area contributed by atoms with E-state index in [1.165, 1.54) is 218 Å². The molecule has 0 aromatic rings. The molecule has 0 heterocycles. The Labute approximate surface area is 527 Å². The third kappa shape index (κ3) is 65.7. The molecule has 3 unspecified atom stereocenters. The second-order valence-corrected chi connectivity index (χ2v) is 27.2.